The summed E-state index contributed by atoms with van der Waals surface area (Å²) in [6.45, 7) is 1.92. The van der Waals surface area contributed by atoms with Gasteiger partial charge in [0.1, 0.15) is 11.5 Å². The maximum atomic E-state index is 12.5. The van der Waals surface area contributed by atoms with Gasteiger partial charge in [-0.25, -0.2) is 0 Å². The zero-order chi connectivity index (χ0) is 12.7. The zero-order valence-corrected chi connectivity index (χ0v) is 11.4. The van der Waals surface area contributed by atoms with Gasteiger partial charge in [-0.3, -0.25) is 4.79 Å². The topological polar surface area (TPSA) is 26.3 Å². The molecule has 0 radical (unpaired) electrons. The van der Waals surface area contributed by atoms with Crippen LogP contribution in [0.15, 0.2) is 46.9 Å². The van der Waals surface area contributed by atoms with Crippen LogP contribution in [0.5, 0.6) is 11.5 Å². The Balaban J connectivity index is 2.23. The molecule has 1 aliphatic heterocycles. The highest BCUT2D eigenvalue weighted by atomic mass is 79.9. The Hall–Kier alpha value is -1.61. The van der Waals surface area contributed by atoms with Crippen LogP contribution in [0.1, 0.15) is 28.8 Å². The molecule has 0 aromatic heterocycles. The summed E-state index contributed by atoms with van der Waals surface area (Å²) in [5, 5.41) is 0. The fraction of sp³-hybridized carbons (Fsp3) is 0.133. The van der Waals surface area contributed by atoms with E-state index < -0.39 is 0 Å². The fourth-order valence-electron chi connectivity index (χ4n) is 2.21. The molecule has 0 aliphatic carbocycles. The summed E-state index contributed by atoms with van der Waals surface area (Å²) in [5.41, 5.74) is 1.57. The lowest BCUT2D eigenvalue weighted by molar-refractivity contribution is 0.0967. The Morgan fingerprint density at radius 3 is 2.72 bits per heavy atom. The maximum Gasteiger partial charge on any atom is 0.173 e. The van der Waals surface area contributed by atoms with Crippen LogP contribution in [0.3, 0.4) is 0 Å². The van der Waals surface area contributed by atoms with E-state index >= 15 is 0 Å². The molecule has 0 saturated carbocycles. The number of ketones is 1. The van der Waals surface area contributed by atoms with E-state index in [2.05, 4.69) is 15.9 Å². The molecule has 90 valence electrons. The molecule has 0 amide bonds. The van der Waals surface area contributed by atoms with Gasteiger partial charge >= 0.3 is 0 Å². The monoisotopic (exact) mass is 302 g/mol. The minimum Gasteiger partial charge on any atom is -0.456 e. The van der Waals surface area contributed by atoms with Gasteiger partial charge in [0.15, 0.2) is 5.78 Å². The minimum absolute atomic E-state index is 0.0938. The molecule has 2 aromatic carbocycles. The summed E-state index contributed by atoms with van der Waals surface area (Å²) in [7, 11) is 0. The molecule has 1 atom stereocenters. The number of rotatable bonds is 0. The highest BCUT2D eigenvalue weighted by molar-refractivity contribution is 9.10. The van der Waals surface area contributed by atoms with Crippen LogP contribution in [-0.4, -0.2) is 5.78 Å². The lowest BCUT2D eigenvalue weighted by Crippen LogP contribution is -2.07. The fourth-order valence-corrected chi connectivity index (χ4v) is 2.57. The van der Waals surface area contributed by atoms with Crippen LogP contribution in [0.4, 0.5) is 0 Å². The molecule has 18 heavy (non-hydrogen) atoms. The van der Waals surface area contributed by atoms with Gasteiger partial charge in [-0.2, -0.15) is 0 Å². The van der Waals surface area contributed by atoms with Gasteiger partial charge in [0.2, 0.25) is 0 Å². The molecule has 1 heterocycles. The van der Waals surface area contributed by atoms with Crippen molar-refractivity contribution < 1.29 is 9.53 Å². The van der Waals surface area contributed by atoms with Gasteiger partial charge in [0.05, 0.1) is 5.56 Å². The normalized spacial score (nSPS) is 17.4. The summed E-state index contributed by atoms with van der Waals surface area (Å²) >= 11 is 3.39. The molecule has 0 bridgehead atoms. The first-order chi connectivity index (χ1) is 8.66. The highest BCUT2D eigenvalue weighted by Crippen LogP contribution is 2.39. The Morgan fingerprint density at radius 1 is 1.11 bits per heavy atom. The number of ether oxygens (including phenoxy) is 1. The molecule has 2 aromatic rings. The Labute approximate surface area is 114 Å². The molecule has 3 heteroatoms. The number of benzene rings is 2. The second kappa shape index (κ2) is 4.25. The van der Waals surface area contributed by atoms with Gasteiger partial charge in [0.25, 0.3) is 0 Å². The average Bonchev–Trinajstić information content (AvgIpc) is 2.48. The molecule has 1 aliphatic rings. The van der Waals surface area contributed by atoms with Crippen molar-refractivity contribution in [2.75, 3.05) is 0 Å². The molecule has 0 saturated heterocycles. The maximum absolute atomic E-state index is 12.5. The second-order valence-corrected chi connectivity index (χ2v) is 5.28. The van der Waals surface area contributed by atoms with Gasteiger partial charge < -0.3 is 4.74 Å². The van der Waals surface area contributed by atoms with E-state index in [1.807, 2.05) is 49.4 Å². The highest BCUT2D eigenvalue weighted by Gasteiger charge is 2.27. The van der Waals surface area contributed by atoms with Crippen molar-refractivity contribution >= 4 is 21.7 Å². The first kappa shape index (κ1) is 11.5. The summed E-state index contributed by atoms with van der Waals surface area (Å²) < 4.78 is 6.74. The van der Waals surface area contributed by atoms with E-state index in [4.69, 9.17) is 4.74 Å². The van der Waals surface area contributed by atoms with Gasteiger partial charge in [-0.05, 0) is 24.3 Å². The van der Waals surface area contributed by atoms with E-state index in [0.717, 1.165) is 15.8 Å². The van der Waals surface area contributed by atoms with Gasteiger partial charge in [-0.15, -0.1) is 0 Å². The van der Waals surface area contributed by atoms with Gasteiger partial charge in [-0.1, -0.05) is 41.1 Å². The zero-order valence-electron chi connectivity index (χ0n) is 9.81. The van der Waals surface area contributed by atoms with E-state index in [1.54, 1.807) is 0 Å². The largest absolute Gasteiger partial charge is 0.456 e. The Bertz CT molecular complexity index is 634. The third-order valence-electron chi connectivity index (χ3n) is 3.21. The van der Waals surface area contributed by atoms with E-state index in [0.29, 0.717) is 11.3 Å². The van der Waals surface area contributed by atoms with Crippen molar-refractivity contribution in [3.63, 3.8) is 0 Å². The number of para-hydroxylation sites is 1. The summed E-state index contributed by atoms with van der Waals surface area (Å²) in [6, 6.07) is 13.2. The van der Waals surface area contributed by atoms with Crippen molar-refractivity contribution in [2.24, 2.45) is 0 Å². The summed E-state index contributed by atoms with van der Waals surface area (Å²) in [5.74, 6) is 1.30. The van der Waals surface area contributed by atoms with Crippen LogP contribution < -0.4 is 4.74 Å². The number of carbonyl (C=O) groups is 1. The second-order valence-electron chi connectivity index (χ2n) is 4.37. The molecule has 0 spiro atoms. The van der Waals surface area contributed by atoms with Gasteiger partial charge in [0, 0.05) is 16.0 Å². The first-order valence-corrected chi connectivity index (χ1v) is 6.56. The lowest BCUT2D eigenvalue weighted by atomic mass is 9.92. The van der Waals surface area contributed by atoms with Crippen LogP contribution >= 0.6 is 15.9 Å². The molecular formula is C15H11BrO2. The first-order valence-electron chi connectivity index (χ1n) is 5.77. The number of fused-ring (bicyclic) bond motifs is 2. The minimum atomic E-state index is -0.184. The SMILES string of the molecule is CC1C(=O)c2cc(Br)ccc2Oc2ccccc21. The average molecular weight is 303 g/mol. The van der Waals surface area contributed by atoms with Crippen LogP contribution in [-0.2, 0) is 0 Å². The third-order valence-corrected chi connectivity index (χ3v) is 3.70. The van der Waals surface area contributed by atoms with E-state index in [-0.39, 0.29) is 11.7 Å². The third kappa shape index (κ3) is 1.75. The van der Waals surface area contributed by atoms with Crippen molar-refractivity contribution in [3.05, 3.63) is 58.1 Å². The summed E-state index contributed by atoms with van der Waals surface area (Å²) in [6.07, 6.45) is 0. The summed E-state index contributed by atoms with van der Waals surface area (Å²) in [4.78, 5) is 12.5. The number of carbonyl (C=O) groups excluding carboxylic acids is 1. The van der Waals surface area contributed by atoms with E-state index in [1.165, 1.54) is 0 Å². The smallest absolute Gasteiger partial charge is 0.173 e. The van der Waals surface area contributed by atoms with Crippen LogP contribution in [0.2, 0.25) is 0 Å². The molecule has 0 N–H and O–H groups in total. The number of hydrogen-bond donors (Lipinski definition) is 0. The van der Waals surface area contributed by atoms with Crippen molar-refractivity contribution in [1.82, 2.24) is 0 Å². The predicted octanol–water partition coefficient (Wildman–Crippen LogP) is 4.54. The molecule has 2 nitrogen and oxygen atoms in total. The van der Waals surface area contributed by atoms with Crippen molar-refractivity contribution in [2.45, 2.75) is 12.8 Å². The molecule has 3 rings (SSSR count). The van der Waals surface area contributed by atoms with Crippen molar-refractivity contribution in [3.8, 4) is 11.5 Å². The molecule has 0 fully saturated rings. The molecular weight excluding hydrogens is 292 g/mol. The van der Waals surface area contributed by atoms with Crippen molar-refractivity contribution in [1.29, 1.82) is 0 Å². The van der Waals surface area contributed by atoms with Crippen LogP contribution in [0, 0.1) is 0 Å². The molecule has 1 unspecified atom stereocenters. The van der Waals surface area contributed by atoms with Crippen LogP contribution in [0.25, 0.3) is 0 Å². The number of Topliss-reactive ketones (excluding diaryl/α,β-unsaturated/α-hetero) is 1. The Kier molecular flexibility index (Phi) is 2.71. The van der Waals surface area contributed by atoms with E-state index in [9.17, 15) is 4.79 Å². The predicted molar refractivity (Wildman–Crippen MR) is 73.4 cm³/mol. The standard InChI is InChI=1S/C15H11BrO2/c1-9-11-4-2-3-5-13(11)18-14-7-6-10(16)8-12(14)15(9)17/h2-9H,1H3. The number of hydrogen-bond acceptors (Lipinski definition) is 2. The number of halogens is 1. The quantitative estimate of drug-likeness (QED) is 0.714. The Morgan fingerprint density at radius 2 is 1.89 bits per heavy atom. The lowest BCUT2D eigenvalue weighted by Gasteiger charge is -2.09.